The summed E-state index contributed by atoms with van der Waals surface area (Å²) in [5.74, 6) is -0.306. The molecule has 0 fully saturated rings. The van der Waals surface area contributed by atoms with Crippen LogP contribution < -0.4 is 10.9 Å². The van der Waals surface area contributed by atoms with Crippen molar-refractivity contribution in [2.75, 3.05) is 5.32 Å². The summed E-state index contributed by atoms with van der Waals surface area (Å²) in [5, 5.41) is 2.61. The molecule has 0 saturated carbocycles. The second-order valence-corrected chi connectivity index (χ2v) is 6.76. The molecule has 0 radical (unpaired) electrons. The first-order valence-corrected chi connectivity index (χ1v) is 7.37. The number of nitrogens with one attached hydrogen (secondary N) is 2. The van der Waals surface area contributed by atoms with Crippen molar-refractivity contribution in [3.05, 3.63) is 62.5 Å². The maximum atomic E-state index is 12.2. The molecule has 2 N–H and O–H groups in total. The van der Waals surface area contributed by atoms with Crippen LogP contribution in [0.4, 0.5) is 5.69 Å². The van der Waals surface area contributed by atoms with Gasteiger partial charge in [0.2, 0.25) is 0 Å². The number of aromatic nitrogens is 1. The zero-order valence-corrected chi connectivity index (χ0v) is 13.7. The van der Waals surface area contributed by atoms with Gasteiger partial charge < -0.3 is 10.3 Å². The highest BCUT2D eigenvalue weighted by atomic mass is 79.9. The van der Waals surface area contributed by atoms with Crippen molar-refractivity contribution >= 4 is 27.5 Å². The van der Waals surface area contributed by atoms with Crippen molar-refractivity contribution in [2.45, 2.75) is 26.2 Å². The Morgan fingerprint density at radius 2 is 1.81 bits per heavy atom. The van der Waals surface area contributed by atoms with Gasteiger partial charge in [-0.25, -0.2) is 0 Å². The maximum Gasteiger partial charge on any atom is 0.271 e. The van der Waals surface area contributed by atoms with Crippen LogP contribution in [-0.4, -0.2) is 10.9 Å². The van der Waals surface area contributed by atoms with E-state index >= 15 is 0 Å². The third-order valence-corrected chi connectivity index (χ3v) is 3.59. The zero-order chi connectivity index (χ0) is 15.6. The molecule has 1 amide bonds. The monoisotopic (exact) mass is 348 g/mol. The van der Waals surface area contributed by atoms with E-state index in [-0.39, 0.29) is 22.6 Å². The van der Waals surface area contributed by atoms with Gasteiger partial charge in [-0.05, 0) is 45.1 Å². The molecular formula is C16H17BrN2O2. The van der Waals surface area contributed by atoms with Crippen LogP contribution in [0.1, 0.15) is 36.7 Å². The van der Waals surface area contributed by atoms with Crippen LogP contribution in [0.15, 0.2) is 45.8 Å². The molecule has 2 rings (SSSR count). The molecule has 2 aromatic rings. The number of pyridine rings is 1. The van der Waals surface area contributed by atoms with Gasteiger partial charge in [-0.3, -0.25) is 9.59 Å². The molecule has 1 aromatic heterocycles. The van der Waals surface area contributed by atoms with Crippen molar-refractivity contribution in [3.63, 3.8) is 0 Å². The first kappa shape index (κ1) is 15.5. The van der Waals surface area contributed by atoms with E-state index in [0.717, 1.165) is 5.56 Å². The van der Waals surface area contributed by atoms with Crippen LogP contribution in [0, 0.1) is 0 Å². The molecule has 0 saturated heterocycles. The van der Waals surface area contributed by atoms with Gasteiger partial charge in [-0.2, -0.15) is 0 Å². The standard InChI is InChI=1S/C16H17BrN2O2/c1-16(2,3)11-6-4-10(5-7-11)14(20)19-13-8-12(17)9-18-15(13)21/h4-9H,1-3H3,(H,18,21)(H,19,20). The first-order chi connectivity index (χ1) is 9.77. The van der Waals surface area contributed by atoms with Crippen molar-refractivity contribution in [3.8, 4) is 0 Å². The number of amides is 1. The van der Waals surface area contributed by atoms with Crippen molar-refractivity contribution < 1.29 is 4.79 Å². The van der Waals surface area contributed by atoms with Crippen LogP contribution >= 0.6 is 15.9 Å². The van der Waals surface area contributed by atoms with E-state index in [1.54, 1.807) is 18.2 Å². The quantitative estimate of drug-likeness (QED) is 0.869. The third kappa shape index (κ3) is 3.82. The van der Waals surface area contributed by atoms with Crippen LogP contribution in [0.5, 0.6) is 0 Å². The molecule has 0 bridgehead atoms. The molecule has 0 atom stereocenters. The molecule has 1 heterocycles. The van der Waals surface area contributed by atoms with Gasteiger partial charge in [0.1, 0.15) is 5.69 Å². The minimum Gasteiger partial charge on any atom is -0.326 e. The lowest BCUT2D eigenvalue weighted by Crippen LogP contribution is -2.20. The lowest BCUT2D eigenvalue weighted by molar-refractivity contribution is 0.102. The molecule has 0 aliphatic carbocycles. The predicted molar refractivity (Wildman–Crippen MR) is 87.9 cm³/mol. The SMILES string of the molecule is CC(C)(C)c1ccc(C(=O)Nc2cc(Br)c[nH]c2=O)cc1. The van der Waals surface area contributed by atoms with Gasteiger partial charge in [-0.15, -0.1) is 0 Å². The minimum atomic E-state index is -0.335. The fraction of sp³-hybridized carbons (Fsp3) is 0.250. The summed E-state index contributed by atoms with van der Waals surface area (Å²) in [6, 6.07) is 8.96. The number of rotatable bonds is 2. The van der Waals surface area contributed by atoms with E-state index in [2.05, 4.69) is 47.0 Å². The van der Waals surface area contributed by atoms with Crippen LogP contribution in [0.25, 0.3) is 0 Å². The minimum absolute atomic E-state index is 0.0381. The van der Waals surface area contributed by atoms with Crippen molar-refractivity contribution in [1.29, 1.82) is 0 Å². The van der Waals surface area contributed by atoms with E-state index in [4.69, 9.17) is 0 Å². The van der Waals surface area contributed by atoms with Crippen LogP contribution in [-0.2, 0) is 5.41 Å². The van der Waals surface area contributed by atoms with Crippen LogP contribution in [0.3, 0.4) is 0 Å². The lowest BCUT2D eigenvalue weighted by Gasteiger charge is -2.19. The fourth-order valence-electron chi connectivity index (χ4n) is 1.87. The summed E-state index contributed by atoms with van der Waals surface area (Å²) in [6.07, 6.45) is 1.52. The second kappa shape index (κ2) is 5.85. The molecule has 1 aromatic carbocycles. The Kier molecular flexibility index (Phi) is 4.32. The highest BCUT2D eigenvalue weighted by Crippen LogP contribution is 2.22. The highest BCUT2D eigenvalue weighted by molar-refractivity contribution is 9.10. The number of carbonyl (C=O) groups is 1. The molecule has 0 unspecified atom stereocenters. The van der Waals surface area contributed by atoms with Gasteiger partial charge in [0.05, 0.1) is 0 Å². The number of carbonyl (C=O) groups excluding carboxylic acids is 1. The number of H-pyrrole nitrogens is 1. The predicted octanol–water partition coefficient (Wildman–Crippen LogP) is 3.69. The zero-order valence-electron chi connectivity index (χ0n) is 12.2. The van der Waals surface area contributed by atoms with Gasteiger partial charge in [0, 0.05) is 16.2 Å². The molecule has 0 spiro atoms. The topological polar surface area (TPSA) is 62.0 Å². The largest absolute Gasteiger partial charge is 0.326 e. The summed E-state index contributed by atoms with van der Waals surface area (Å²) in [7, 11) is 0. The normalized spacial score (nSPS) is 11.2. The van der Waals surface area contributed by atoms with E-state index in [9.17, 15) is 9.59 Å². The Balaban J connectivity index is 2.21. The summed E-state index contributed by atoms with van der Waals surface area (Å²) in [4.78, 5) is 26.3. The molecule has 0 aliphatic heterocycles. The van der Waals surface area contributed by atoms with Gasteiger partial charge in [0.15, 0.2) is 0 Å². The molecule has 21 heavy (non-hydrogen) atoms. The Hall–Kier alpha value is -1.88. The second-order valence-electron chi connectivity index (χ2n) is 5.84. The average Bonchev–Trinajstić information content (AvgIpc) is 2.42. The fourth-order valence-corrected chi connectivity index (χ4v) is 2.21. The average molecular weight is 349 g/mol. The Labute approximate surface area is 131 Å². The molecule has 0 aliphatic rings. The van der Waals surface area contributed by atoms with Crippen molar-refractivity contribution in [2.24, 2.45) is 0 Å². The summed E-state index contributed by atoms with van der Waals surface area (Å²) >= 11 is 3.25. The van der Waals surface area contributed by atoms with Gasteiger partial charge in [0.25, 0.3) is 11.5 Å². The molecule has 5 heteroatoms. The van der Waals surface area contributed by atoms with Crippen molar-refractivity contribution in [1.82, 2.24) is 4.98 Å². The summed E-state index contributed by atoms with van der Waals surface area (Å²) in [6.45, 7) is 6.34. The van der Waals surface area contributed by atoms with E-state index in [1.165, 1.54) is 6.20 Å². The number of hydrogen-bond donors (Lipinski definition) is 2. The van der Waals surface area contributed by atoms with Crippen LogP contribution in [0.2, 0.25) is 0 Å². The number of hydrogen-bond acceptors (Lipinski definition) is 2. The molecule has 4 nitrogen and oxygen atoms in total. The smallest absolute Gasteiger partial charge is 0.271 e. The third-order valence-electron chi connectivity index (χ3n) is 3.13. The molecule has 110 valence electrons. The van der Waals surface area contributed by atoms with E-state index in [0.29, 0.717) is 10.0 Å². The van der Waals surface area contributed by atoms with E-state index < -0.39 is 0 Å². The Morgan fingerprint density at radius 1 is 1.19 bits per heavy atom. The number of benzene rings is 1. The number of aromatic amines is 1. The summed E-state index contributed by atoms with van der Waals surface area (Å²) in [5.41, 5.74) is 1.59. The lowest BCUT2D eigenvalue weighted by atomic mass is 9.87. The Morgan fingerprint density at radius 3 is 2.38 bits per heavy atom. The van der Waals surface area contributed by atoms with Gasteiger partial charge >= 0.3 is 0 Å². The maximum absolute atomic E-state index is 12.2. The Bertz CT molecular complexity index is 712. The van der Waals surface area contributed by atoms with Gasteiger partial charge in [-0.1, -0.05) is 32.9 Å². The summed E-state index contributed by atoms with van der Waals surface area (Å²) < 4.78 is 0.695. The number of halogens is 1. The number of anilines is 1. The molecular weight excluding hydrogens is 332 g/mol. The highest BCUT2D eigenvalue weighted by Gasteiger charge is 2.14. The first-order valence-electron chi connectivity index (χ1n) is 6.57. The van der Waals surface area contributed by atoms with E-state index in [1.807, 2.05) is 12.1 Å².